The van der Waals surface area contributed by atoms with Crippen LogP contribution in [0.25, 0.3) is 21.7 Å². The van der Waals surface area contributed by atoms with E-state index in [2.05, 4.69) is 20.8 Å². The minimum atomic E-state index is -0.341. The summed E-state index contributed by atoms with van der Waals surface area (Å²) >= 11 is 6.31. The fourth-order valence-corrected chi connectivity index (χ4v) is 4.47. The third-order valence-corrected chi connectivity index (χ3v) is 5.95. The highest BCUT2D eigenvalue weighted by atomic mass is 35.5. The fraction of sp³-hybridized carbons (Fsp3) is 0.125. The van der Waals surface area contributed by atoms with Gasteiger partial charge in [-0.25, -0.2) is 0 Å². The van der Waals surface area contributed by atoms with Gasteiger partial charge < -0.3 is 10.6 Å². The Morgan fingerprint density at radius 3 is 2.74 bits per heavy atom. The van der Waals surface area contributed by atoms with Crippen molar-refractivity contribution >= 4 is 50.8 Å². The molecule has 1 atom stereocenters. The maximum Gasteiger partial charge on any atom is 0.253 e. The molecule has 4 aromatic rings. The quantitative estimate of drug-likeness (QED) is 0.432. The number of H-pyrrole nitrogens is 1. The summed E-state index contributed by atoms with van der Waals surface area (Å²) in [6.45, 7) is 1.76. The van der Waals surface area contributed by atoms with Gasteiger partial charge in [0.1, 0.15) is 0 Å². The van der Waals surface area contributed by atoms with Crippen molar-refractivity contribution in [2.45, 2.75) is 19.3 Å². The molecule has 0 radical (unpaired) electrons. The molecule has 154 valence electrons. The van der Waals surface area contributed by atoms with E-state index in [1.54, 1.807) is 19.2 Å². The van der Waals surface area contributed by atoms with Crippen molar-refractivity contribution in [2.24, 2.45) is 0 Å². The largest absolute Gasteiger partial charge is 0.330 e. The molecule has 6 nitrogen and oxygen atoms in total. The molecule has 31 heavy (non-hydrogen) atoms. The molecular weight excluding hydrogens is 412 g/mol. The van der Waals surface area contributed by atoms with Gasteiger partial charge in [-0.2, -0.15) is 5.10 Å². The van der Waals surface area contributed by atoms with Crippen LogP contribution in [0.4, 0.5) is 5.69 Å². The number of carbonyl (C=O) groups excluding carboxylic acids is 2. The first-order valence-corrected chi connectivity index (χ1v) is 10.3. The van der Waals surface area contributed by atoms with Gasteiger partial charge in [-0.15, -0.1) is 0 Å². The van der Waals surface area contributed by atoms with Crippen LogP contribution in [-0.2, 0) is 9.59 Å². The molecule has 0 bridgehead atoms. The van der Waals surface area contributed by atoms with Gasteiger partial charge in [0.05, 0.1) is 16.7 Å². The van der Waals surface area contributed by atoms with Gasteiger partial charge in [0.15, 0.2) is 0 Å². The van der Waals surface area contributed by atoms with Crippen molar-refractivity contribution in [3.05, 3.63) is 82.7 Å². The molecule has 5 rings (SSSR count). The molecule has 3 N–H and O–H groups in total. The summed E-state index contributed by atoms with van der Waals surface area (Å²) in [5.41, 5.74) is 3.31. The number of nitrogens with one attached hydrogen (secondary N) is 3. The molecule has 1 aliphatic heterocycles. The number of halogens is 1. The molecule has 1 aromatic heterocycles. The highest BCUT2D eigenvalue weighted by Gasteiger charge is 2.32. The maximum absolute atomic E-state index is 13.3. The Bertz CT molecular complexity index is 1390. The van der Waals surface area contributed by atoms with E-state index < -0.39 is 0 Å². The number of nitrogens with zero attached hydrogens (tertiary/aromatic N) is 1. The minimum Gasteiger partial charge on any atom is -0.330 e. The number of rotatable bonds is 3. The number of hydrogen-bond donors (Lipinski definition) is 3. The number of aromatic amines is 1. The number of anilines is 1. The second kappa shape index (κ2) is 7.56. The van der Waals surface area contributed by atoms with Crippen molar-refractivity contribution in [1.29, 1.82) is 0 Å². The zero-order chi connectivity index (χ0) is 21.5. The molecule has 0 saturated carbocycles. The van der Waals surface area contributed by atoms with Crippen molar-refractivity contribution in [1.82, 2.24) is 15.5 Å². The van der Waals surface area contributed by atoms with Gasteiger partial charge in [0, 0.05) is 34.7 Å². The highest BCUT2D eigenvalue weighted by molar-refractivity contribution is 6.35. The molecule has 0 spiro atoms. The normalized spacial score (nSPS) is 16.6. The van der Waals surface area contributed by atoms with Crippen molar-refractivity contribution in [3.8, 4) is 0 Å². The minimum absolute atomic E-state index is 0.102. The predicted molar refractivity (Wildman–Crippen MR) is 122 cm³/mol. The van der Waals surface area contributed by atoms with E-state index in [1.165, 1.54) is 0 Å². The number of fused-ring (bicyclic) bond motifs is 2. The molecule has 0 aliphatic carbocycles. The van der Waals surface area contributed by atoms with Crippen LogP contribution in [0.15, 0.2) is 72.1 Å². The Morgan fingerprint density at radius 2 is 1.90 bits per heavy atom. The first kappa shape index (κ1) is 19.3. The van der Waals surface area contributed by atoms with E-state index in [4.69, 9.17) is 11.6 Å². The summed E-state index contributed by atoms with van der Waals surface area (Å²) in [5, 5.41) is 16.0. The first-order valence-electron chi connectivity index (χ1n) is 9.93. The number of amides is 2. The van der Waals surface area contributed by atoms with Gasteiger partial charge in [0.2, 0.25) is 5.91 Å². The Hall–Kier alpha value is -3.64. The maximum atomic E-state index is 13.3. The Labute approximate surface area is 183 Å². The average molecular weight is 431 g/mol. The van der Waals surface area contributed by atoms with E-state index >= 15 is 0 Å². The van der Waals surface area contributed by atoms with Crippen LogP contribution < -0.4 is 10.6 Å². The lowest BCUT2D eigenvalue weighted by Crippen LogP contribution is -2.35. The van der Waals surface area contributed by atoms with Crippen molar-refractivity contribution < 1.29 is 9.59 Å². The summed E-state index contributed by atoms with van der Waals surface area (Å²) in [5.74, 6) is -0.712. The molecular formula is C24H19ClN4O2. The van der Waals surface area contributed by atoms with Gasteiger partial charge >= 0.3 is 0 Å². The second-order valence-corrected chi connectivity index (χ2v) is 8.10. The number of allylic oxidation sites excluding steroid dienone is 1. The fourth-order valence-electron chi connectivity index (χ4n) is 4.20. The lowest BCUT2D eigenvalue weighted by atomic mass is 9.83. The summed E-state index contributed by atoms with van der Waals surface area (Å²) < 4.78 is 0. The lowest BCUT2D eigenvalue weighted by molar-refractivity contribution is -0.121. The molecule has 0 saturated heterocycles. The Morgan fingerprint density at radius 1 is 1.10 bits per heavy atom. The van der Waals surface area contributed by atoms with Crippen LogP contribution in [0, 0.1) is 0 Å². The molecule has 3 aromatic carbocycles. The molecule has 1 unspecified atom stereocenters. The van der Waals surface area contributed by atoms with Crippen molar-refractivity contribution in [2.75, 3.05) is 5.32 Å². The van der Waals surface area contributed by atoms with Gasteiger partial charge in [-0.3, -0.25) is 14.7 Å². The topological polar surface area (TPSA) is 86.9 Å². The van der Waals surface area contributed by atoms with Crippen LogP contribution in [0.2, 0.25) is 5.02 Å². The SMILES string of the molecule is CC1=C(C(=O)Nc2cc(Cl)c3[nH]ncc3c2)C(c2ccc3ccccc3c2)CC(=O)N1. The second-order valence-electron chi connectivity index (χ2n) is 7.70. The third kappa shape index (κ3) is 3.55. The summed E-state index contributed by atoms with van der Waals surface area (Å²) in [6, 6.07) is 17.6. The molecule has 2 amide bonds. The van der Waals surface area contributed by atoms with Crippen LogP contribution in [0.1, 0.15) is 24.8 Å². The van der Waals surface area contributed by atoms with Gasteiger partial charge in [0.25, 0.3) is 5.91 Å². The number of aromatic nitrogens is 2. The van der Waals surface area contributed by atoms with Gasteiger partial charge in [-0.05, 0) is 35.4 Å². The van der Waals surface area contributed by atoms with E-state index in [9.17, 15) is 9.59 Å². The Kier molecular flexibility index (Phi) is 4.71. The standard InChI is InChI=1S/C24H19ClN4O2/c1-13-22(24(31)28-18-9-17-12-26-29-23(17)20(25)10-18)19(11-21(30)27-13)16-7-6-14-4-2-3-5-15(14)8-16/h2-10,12,19H,11H2,1H3,(H,26,29)(H,27,30)(H,28,31). The van der Waals surface area contributed by atoms with E-state index in [0.29, 0.717) is 27.5 Å². The van der Waals surface area contributed by atoms with E-state index in [1.807, 2.05) is 48.5 Å². The zero-order valence-corrected chi connectivity index (χ0v) is 17.5. The zero-order valence-electron chi connectivity index (χ0n) is 16.7. The number of hydrogen-bond acceptors (Lipinski definition) is 3. The van der Waals surface area contributed by atoms with Gasteiger partial charge in [-0.1, -0.05) is 54.1 Å². The average Bonchev–Trinajstić information content (AvgIpc) is 3.22. The number of carbonyl (C=O) groups is 2. The Balaban J connectivity index is 1.52. The summed E-state index contributed by atoms with van der Waals surface area (Å²) in [7, 11) is 0. The molecule has 0 fully saturated rings. The van der Waals surface area contributed by atoms with Crippen LogP contribution >= 0.6 is 11.6 Å². The monoisotopic (exact) mass is 430 g/mol. The highest BCUT2D eigenvalue weighted by Crippen LogP contribution is 2.35. The molecule has 7 heteroatoms. The third-order valence-electron chi connectivity index (χ3n) is 5.65. The number of benzene rings is 3. The summed E-state index contributed by atoms with van der Waals surface area (Å²) in [4.78, 5) is 25.6. The van der Waals surface area contributed by atoms with Crippen LogP contribution in [0.3, 0.4) is 0 Å². The van der Waals surface area contributed by atoms with Crippen molar-refractivity contribution in [3.63, 3.8) is 0 Å². The van der Waals surface area contributed by atoms with E-state index in [-0.39, 0.29) is 24.2 Å². The smallest absolute Gasteiger partial charge is 0.253 e. The van der Waals surface area contributed by atoms with Crippen LogP contribution in [-0.4, -0.2) is 22.0 Å². The van der Waals surface area contributed by atoms with Crippen LogP contribution in [0.5, 0.6) is 0 Å². The predicted octanol–water partition coefficient (Wildman–Crippen LogP) is 4.89. The molecule has 1 aliphatic rings. The lowest BCUT2D eigenvalue weighted by Gasteiger charge is -2.27. The summed E-state index contributed by atoms with van der Waals surface area (Å²) in [6.07, 6.45) is 1.86. The van der Waals surface area contributed by atoms with E-state index in [0.717, 1.165) is 21.7 Å². The molecule has 2 heterocycles. The first-order chi connectivity index (χ1) is 15.0.